The number of Topliss-reactive ketones (excluding diaryl/α,β-unsaturated/α-hetero) is 1. The van der Waals surface area contributed by atoms with E-state index in [9.17, 15) is 35.4 Å². The third-order valence-corrected chi connectivity index (χ3v) is 5.22. The number of aliphatic hydroxyl groups is 6. The highest BCUT2D eigenvalue weighted by atomic mass is 16.5. The molecule has 2 aliphatic carbocycles. The zero-order valence-electron chi connectivity index (χ0n) is 12.4. The van der Waals surface area contributed by atoms with Crippen molar-refractivity contribution >= 4 is 5.78 Å². The molecule has 0 amide bonds. The number of ether oxygens (including phenoxy) is 1. The van der Waals surface area contributed by atoms with Crippen molar-refractivity contribution in [3.8, 4) is 0 Å². The van der Waals surface area contributed by atoms with Crippen LogP contribution in [0.25, 0.3) is 0 Å². The molecule has 1 heterocycles. The summed E-state index contributed by atoms with van der Waals surface area (Å²) in [6, 6.07) is 0. The molecule has 0 aromatic heterocycles. The number of ketones is 1. The first-order chi connectivity index (χ1) is 10.8. The Morgan fingerprint density at radius 3 is 2.00 bits per heavy atom. The van der Waals surface area contributed by atoms with Crippen LogP contribution in [0.4, 0.5) is 0 Å². The van der Waals surface area contributed by atoms with E-state index in [2.05, 4.69) is 0 Å². The molecule has 6 N–H and O–H groups in total. The van der Waals surface area contributed by atoms with Crippen molar-refractivity contribution in [1.82, 2.24) is 0 Å². The summed E-state index contributed by atoms with van der Waals surface area (Å²) in [5.41, 5.74) is 0.221. The zero-order chi connectivity index (χ0) is 16.9. The van der Waals surface area contributed by atoms with E-state index in [0.717, 1.165) is 0 Å². The Balaban J connectivity index is 1.81. The highest BCUT2D eigenvalue weighted by Crippen LogP contribution is 2.39. The van der Waals surface area contributed by atoms with Crippen LogP contribution < -0.4 is 0 Å². The van der Waals surface area contributed by atoms with Crippen LogP contribution in [0, 0.1) is 11.8 Å². The molecule has 2 saturated carbocycles. The molecule has 0 aromatic rings. The Morgan fingerprint density at radius 1 is 0.826 bits per heavy atom. The first-order valence-electron chi connectivity index (χ1n) is 7.79. The van der Waals surface area contributed by atoms with Crippen LogP contribution in [0.15, 0.2) is 11.8 Å². The molecule has 8 nitrogen and oxygen atoms in total. The van der Waals surface area contributed by atoms with Crippen LogP contribution in [0.5, 0.6) is 0 Å². The van der Waals surface area contributed by atoms with Gasteiger partial charge < -0.3 is 35.4 Å². The minimum atomic E-state index is -1.44. The summed E-state index contributed by atoms with van der Waals surface area (Å²) in [6.07, 6.45) is -6.83. The number of hydrogen-bond acceptors (Lipinski definition) is 8. The van der Waals surface area contributed by atoms with Crippen LogP contribution in [0.1, 0.15) is 19.3 Å². The quantitative estimate of drug-likeness (QED) is 0.307. The van der Waals surface area contributed by atoms with Crippen LogP contribution in [-0.2, 0) is 9.53 Å². The van der Waals surface area contributed by atoms with Gasteiger partial charge in [-0.25, -0.2) is 0 Å². The maximum absolute atomic E-state index is 12.7. The molecule has 7 unspecified atom stereocenters. The SMILES string of the molecule is O=C1C(C2CC(O)C(O)C(O)C2)=COC2CC(O)C(O)C(O)C12. The van der Waals surface area contributed by atoms with Gasteiger partial charge >= 0.3 is 0 Å². The number of aliphatic hydroxyl groups excluding tert-OH is 6. The smallest absolute Gasteiger partial charge is 0.171 e. The molecule has 0 spiro atoms. The molecule has 0 aromatic carbocycles. The van der Waals surface area contributed by atoms with Gasteiger partial charge in [0.25, 0.3) is 0 Å². The molecule has 0 radical (unpaired) electrons. The molecule has 23 heavy (non-hydrogen) atoms. The van der Waals surface area contributed by atoms with Gasteiger partial charge in [-0.3, -0.25) is 4.79 Å². The standard InChI is InChI=1S/C15H22O8/c16-7-1-5(2-8(17)13(7)20)6-4-23-10-3-9(18)14(21)15(22)11(10)12(6)19/h4-5,7-11,13-18,20-22H,1-3H2. The zero-order valence-corrected chi connectivity index (χ0v) is 12.4. The predicted molar refractivity (Wildman–Crippen MR) is 74.8 cm³/mol. The van der Waals surface area contributed by atoms with Crippen LogP contribution in [0.2, 0.25) is 0 Å². The summed E-state index contributed by atoms with van der Waals surface area (Å²) in [4.78, 5) is 12.7. The number of allylic oxidation sites excluding steroid dienone is 1. The van der Waals surface area contributed by atoms with Crippen molar-refractivity contribution in [2.75, 3.05) is 0 Å². The topological polar surface area (TPSA) is 148 Å². The first-order valence-corrected chi connectivity index (χ1v) is 7.79. The molecule has 130 valence electrons. The van der Waals surface area contributed by atoms with Gasteiger partial charge in [-0.05, 0) is 18.8 Å². The molecule has 8 heteroatoms. The molecule has 0 bridgehead atoms. The molecule has 1 aliphatic heterocycles. The molecular weight excluding hydrogens is 308 g/mol. The Hall–Kier alpha value is -1.03. The Labute approximate surface area is 132 Å². The van der Waals surface area contributed by atoms with Crippen molar-refractivity contribution < 1.29 is 40.2 Å². The summed E-state index contributed by atoms with van der Waals surface area (Å²) in [5.74, 6) is -1.91. The van der Waals surface area contributed by atoms with Crippen LogP contribution >= 0.6 is 0 Å². The van der Waals surface area contributed by atoms with Crippen molar-refractivity contribution in [3.63, 3.8) is 0 Å². The monoisotopic (exact) mass is 330 g/mol. The summed E-state index contributed by atoms with van der Waals surface area (Å²) in [6.45, 7) is 0. The lowest BCUT2D eigenvalue weighted by atomic mass is 9.70. The van der Waals surface area contributed by atoms with Gasteiger partial charge in [0, 0.05) is 12.0 Å². The lowest BCUT2D eigenvalue weighted by Gasteiger charge is -2.43. The van der Waals surface area contributed by atoms with Gasteiger partial charge in [0.15, 0.2) is 5.78 Å². The number of rotatable bonds is 1. The summed E-state index contributed by atoms with van der Waals surface area (Å²) in [5, 5.41) is 58.7. The maximum Gasteiger partial charge on any atom is 0.171 e. The fraction of sp³-hybridized carbons (Fsp3) is 0.800. The second-order valence-electron chi connectivity index (χ2n) is 6.72. The Kier molecular flexibility index (Phi) is 4.47. The van der Waals surface area contributed by atoms with Crippen molar-refractivity contribution in [2.24, 2.45) is 11.8 Å². The Bertz CT molecular complexity index is 494. The molecular formula is C15H22O8. The maximum atomic E-state index is 12.7. The van der Waals surface area contributed by atoms with E-state index >= 15 is 0 Å². The summed E-state index contributed by atoms with van der Waals surface area (Å²) >= 11 is 0. The van der Waals surface area contributed by atoms with E-state index < -0.39 is 60.3 Å². The predicted octanol–water partition coefficient (Wildman–Crippen LogP) is -2.57. The third-order valence-electron chi connectivity index (χ3n) is 5.22. The third kappa shape index (κ3) is 2.79. The molecule has 2 fully saturated rings. The van der Waals surface area contributed by atoms with Crippen LogP contribution in [-0.4, -0.2) is 79.2 Å². The highest BCUT2D eigenvalue weighted by Gasteiger charge is 2.51. The van der Waals surface area contributed by atoms with Crippen molar-refractivity contribution in [3.05, 3.63) is 11.8 Å². The fourth-order valence-electron chi connectivity index (χ4n) is 3.83. The van der Waals surface area contributed by atoms with Crippen molar-refractivity contribution in [2.45, 2.75) is 62.0 Å². The molecule has 3 aliphatic rings. The minimum Gasteiger partial charge on any atom is -0.497 e. The van der Waals surface area contributed by atoms with Gasteiger partial charge in [-0.2, -0.15) is 0 Å². The minimum absolute atomic E-state index is 0.0348. The van der Waals surface area contributed by atoms with Crippen molar-refractivity contribution in [1.29, 1.82) is 0 Å². The van der Waals surface area contributed by atoms with E-state index in [1.165, 1.54) is 6.26 Å². The average molecular weight is 330 g/mol. The average Bonchev–Trinajstić information content (AvgIpc) is 2.50. The van der Waals surface area contributed by atoms with E-state index in [4.69, 9.17) is 4.74 Å². The first kappa shape index (κ1) is 16.8. The summed E-state index contributed by atoms with van der Waals surface area (Å²) in [7, 11) is 0. The number of hydrogen-bond donors (Lipinski definition) is 6. The largest absolute Gasteiger partial charge is 0.497 e. The van der Waals surface area contributed by atoms with E-state index in [-0.39, 0.29) is 24.8 Å². The van der Waals surface area contributed by atoms with Gasteiger partial charge in [-0.15, -0.1) is 0 Å². The molecule has 3 rings (SSSR count). The number of carbonyl (C=O) groups is 1. The van der Waals surface area contributed by atoms with E-state index in [0.29, 0.717) is 0 Å². The lowest BCUT2D eigenvalue weighted by Crippen LogP contribution is -2.57. The fourth-order valence-corrected chi connectivity index (χ4v) is 3.83. The lowest BCUT2D eigenvalue weighted by molar-refractivity contribution is -0.168. The second-order valence-corrected chi connectivity index (χ2v) is 6.72. The van der Waals surface area contributed by atoms with Gasteiger partial charge in [0.1, 0.15) is 18.3 Å². The highest BCUT2D eigenvalue weighted by molar-refractivity contribution is 5.99. The van der Waals surface area contributed by atoms with Gasteiger partial charge in [0.05, 0.1) is 36.6 Å². The van der Waals surface area contributed by atoms with E-state index in [1.54, 1.807) is 0 Å². The van der Waals surface area contributed by atoms with E-state index in [1.807, 2.05) is 0 Å². The normalized spacial score (nSPS) is 50.8. The number of carbonyl (C=O) groups excluding carboxylic acids is 1. The molecule has 0 saturated heterocycles. The van der Waals surface area contributed by atoms with Gasteiger partial charge in [0.2, 0.25) is 0 Å². The summed E-state index contributed by atoms with van der Waals surface area (Å²) < 4.78 is 5.46. The Morgan fingerprint density at radius 2 is 1.39 bits per heavy atom. The van der Waals surface area contributed by atoms with Crippen LogP contribution in [0.3, 0.4) is 0 Å². The van der Waals surface area contributed by atoms with Gasteiger partial charge in [-0.1, -0.05) is 0 Å². The second kappa shape index (κ2) is 6.12. The number of fused-ring (bicyclic) bond motifs is 1. The molecule has 7 atom stereocenters.